The Morgan fingerprint density at radius 1 is 1.14 bits per heavy atom. The van der Waals surface area contributed by atoms with Gasteiger partial charge in [0.1, 0.15) is 0 Å². The van der Waals surface area contributed by atoms with E-state index in [0.29, 0.717) is 17.7 Å². The molecule has 1 amide bonds. The van der Waals surface area contributed by atoms with Crippen LogP contribution in [0.15, 0.2) is 58.1 Å². The van der Waals surface area contributed by atoms with Gasteiger partial charge < -0.3 is 9.47 Å². The first-order chi connectivity index (χ1) is 17.1. The zero-order valence-corrected chi connectivity index (χ0v) is 21.3. The van der Waals surface area contributed by atoms with Crippen molar-refractivity contribution in [3.05, 3.63) is 64.7 Å². The number of thioether (sulfide) groups is 1. The number of nitrogens with one attached hydrogen (secondary N) is 1. The van der Waals surface area contributed by atoms with Crippen molar-refractivity contribution >= 4 is 54.9 Å². The molecule has 0 bridgehead atoms. The zero-order chi connectivity index (χ0) is 26.0. The van der Waals surface area contributed by atoms with E-state index in [2.05, 4.69) is 10.1 Å². The number of aliphatic imine (C=N–C) groups is 1. The van der Waals surface area contributed by atoms with Gasteiger partial charge in [-0.05, 0) is 61.5 Å². The minimum Gasteiger partial charge on any atom is -0.490 e. The first-order valence-electron chi connectivity index (χ1n) is 10.9. The Labute approximate surface area is 212 Å². The van der Waals surface area contributed by atoms with Crippen molar-refractivity contribution in [3.63, 3.8) is 0 Å². The number of carbonyl (C=O) groups is 2. The Morgan fingerprint density at radius 3 is 2.53 bits per heavy atom. The molecule has 0 spiro atoms. The molecule has 10 nitrogen and oxygen atoms in total. The third kappa shape index (κ3) is 5.09. The summed E-state index contributed by atoms with van der Waals surface area (Å²) in [5.74, 6) is -1.23. The molecule has 0 radical (unpaired) electrons. The summed E-state index contributed by atoms with van der Waals surface area (Å²) in [6, 6.07) is 11.7. The van der Waals surface area contributed by atoms with E-state index in [1.54, 1.807) is 31.2 Å². The lowest BCUT2D eigenvalue weighted by molar-refractivity contribution is -0.114. The molecule has 0 unspecified atom stereocenters. The summed E-state index contributed by atoms with van der Waals surface area (Å²) in [6.45, 7) is 5.47. The third-order valence-corrected chi connectivity index (χ3v) is 8.24. The number of benzene rings is 2. The Kier molecular flexibility index (Phi) is 7.09. The number of ether oxygens (including phenoxy) is 2. The van der Waals surface area contributed by atoms with Gasteiger partial charge in [0.2, 0.25) is 19.4 Å². The number of rotatable bonds is 6. The van der Waals surface area contributed by atoms with Crippen LogP contribution in [-0.4, -0.2) is 53.0 Å². The highest BCUT2D eigenvalue weighted by Crippen LogP contribution is 2.33. The van der Waals surface area contributed by atoms with Crippen LogP contribution in [0, 0.1) is 12.3 Å². The van der Waals surface area contributed by atoms with E-state index in [-0.39, 0.29) is 38.2 Å². The fraction of sp³-hybridized carbons (Fsp3) is 0.208. The second-order valence-corrected chi connectivity index (χ2v) is 11.1. The van der Waals surface area contributed by atoms with E-state index in [1.807, 2.05) is 19.1 Å². The minimum absolute atomic E-state index is 0.0162. The predicted octanol–water partition coefficient (Wildman–Crippen LogP) is 3.62. The number of fused-ring (bicyclic) bond motifs is 1. The molecule has 0 fully saturated rings. The molecular weight excluding hydrogens is 504 g/mol. The van der Waals surface area contributed by atoms with Gasteiger partial charge in [-0.15, -0.1) is 5.10 Å². The van der Waals surface area contributed by atoms with Gasteiger partial charge in [0.15, 0.2) is 17.3 Å². The maximum atomic E-state index is 12.6. The van der Waals surface area contributed by atoms with Crippen molar-refractivity contribution in [3.8, 4) is 11.5 Å². The number of amides is 1. The van der Waals surface area contributed by atoms with Crippen LogP contribution in [0.3, 0.4) is 0 Å². The van der Waals surface area contributed by atoms with Crippen molar-refractivity contribution in [2.45, 2.75) is 20.8 Å². The van der Waals surface area contributed by atoms with Crippen molar-refractivity contribution < 1.29 is 27.5 Å². The fourth-order valence-electron chi connectivity index (χ4n) is 3.21. The van der Waals surface area contributed by atoms with Gasteiger partial charge in [-0.2, -0.15) is 10.0 Å². The molecule has 0 saturated carbocycles. The SMILES string of the molecule is CCOc1cc(/C=C2/C(=N)N3N=C(S(=O)(=O)CC)SC3=NC2=O)ccc1OC(=O)c1ccc(C)cc1. The molecule has 1 N–H and O–H groups in total. The van der Waals surface area contributed by atoms with E-state index in [4.69, 9.17) is 14.9 Å². The summed E-state index contributed by atoms with van der Waals surface area (Å²) in [5.41, 5.74) is 1.81. The number of sulfone groups is 1. The average Bonchev–Trinajstić information content (AvgIpc) is 3.29. The summed E-state index contributed by atoms with van der Waals surface area (Å²) >= 11 is 0.738. The third-order valence-electron chi connectivity index (χ3n) is 5.15. The molecule has 0 atom stereocenters. The number of hydrogen-bond acceptors (Lipinski definition) is 9. The lowest BCUT2D eigenvalue weighted by Crippen LogP contribution is -2.35. The lowest BCUT2D eigenvalue weighted by Gasteiger charge is -2.20. The molecule has 2 aliphatic heterocycles. The number of carbonyl (C=O) groups excluding carboxylic acids is 2. The Morgan fingerprint density at radius 2 is 1.86 bits per heavy atom. The molecule has 2 aromatic rings. The topological polar surface area (TPSA) is 139 Å². The molecule has 2 aromatic carbocycles. The van der Waals surface area contributed by atoms with Crippen LogP contribution < -0.4 is 9.47 Å². The number of hydrogen-bond donors (Lipinski definition) is 1. The summed E-state index contributed by atoms with van der Waals surface area (Å²) in [5, 5.41) is 13.5. The van der Waals surface area contributed by atoms with Gasteiger partial charge in [0, 0.05) is 0 Å². The van der Waals surface area contributed by atoms with Crippen molar-refractivity contribution in [2.75, 3.05) is 12.4 Å². The average molecular weight is 527 g/mol. The summed E-state index contributed by atoms with van der Waals surface area (Å²) < 4.78 is 35.3. The number of amidine groups is 2. The molecule has 36 heavy (non-hydrogen) atoms. The van der Waals surface area contributed by atoms with Gasteiger partial charge in [0.05, 0.1) is 23.5 Å². The number of esters is 1. The second kappa shape index (κ2) is 10.1. The van der Waals surface area contributed by atoms with Gasteiger partial charge >= 0.3 is 5.97 Å². The van der Waals surface area contributed by atoms with E-state index < -0.39 is 21.7 Å². The number of nitrogens with zero attached hydrogens (tertiary/aromatic N) is 3. The maximum absolute atomic E-state index is 12.6. The van der Waals surface area contributed by atoms with Gasteiger partial charge in [-0.3, -0.25) is 10.2 Å². The van der Waals surface area contributed by atoms with Crippen LogP contribution in [0.25, 0.3) is 6.08 Å². The summed E-state index contributed by atoms with van der Waals surface area (Å²) in [4.78, 5) is 29.1. The first-order valence-corrected chi connectivity index (χ1v) is 13.4. The number of aryl methyl sites for hydroxylation is 1. The standard InChI is InChI=1S/C24H22N4O6S2/c1-4-33-19-13-15(8-11-18(19)34-22(30)16-9-6-14(3)7-10-16)12-17-20(25)28-23(26-21(17)29)35-24(27-28)36(31,32)5-2/h6-13,25H,4-5H2,1-3H3/b17-12-,25-20?. The van der Waals surface area contributed by atoms with Crippen molar-refractivity contribution in [1.29, 1.82) is 5.41 Å². The molecule has 186 valence electrons. The van der Waals surface area contributed by atoms with Crippen molar-refractivity contribution in [1.82, 2.24) is 5.01 Å². The summed E-state index contributed by atoms with van der Waals surface area (Å²) in [7, 11) is -3.62. The molecule has 12 heteroatoms. The van der Waals surface area contributed by atoms with Crippen LogP contribution in [0.4, 0.5) is 0 Å². The van der Waals surface area contributed by atoms with Crippen LogP contribution in [0.2, 0.25) is 0 Å². The Bertz CT molecular complexity index is 1460. The van der Waals surface area contributed by atoms with Crippen molar-refractivity contribution in [2.24, 2.45) is 10.1 Å². The molecule has 2 aliphatic rings. The van der Waals surface area contributed by atoms with E-state index >= 15 is 0 Å². The predicted molar refractivity (Wildman–Crippen MR) is 138 cm³/mol. The largest absolute Gasteiger partial charge is 0.490 e. The zero-order valence-electron chi connectivity index (χ0n) is 19.6. The highest BCUT2D eigenvalue weighted by atomic mass is 32.3. The second-order valence-electron chi connectivity index (χ2n) is 7.68. The van der Waals surface area contributed by atoms with E-state index in [0.717, 1.165) is 22.3 Å². The molecule has 0 aromatic heterocycles. The van der Waals surface area contributed by atoms with Crippen LogP contribution in [0.5, 0.6) is 11.5 Å². The molecule has 0 saturated heterocycles. The highest BCUT2D eigenvalue weighted by molar-refractivity contribution is 8.42. The summed E-state index contributed by atoms with van der Waals surface area (Å²) in [6.07, 6.45) is 1.42. The Balaban J connectivity index is 1.62. The van der Waals surface area contributed by atoms with Crippen LogP contribution in [-0.2, 0) is 14.6 Å². The highest BCUT2D eigenvalue weighted by Gasteiger charge is 2.39. The molecular formula is C24H22N4O6S2. The van der Waals surface area contributed by atoms with Crippen LogP contribution in [0.1, 0.15) is 35.3 Å². The first kappa shape index (κ1) is 25.3. The van der Waals surface area contributed by atoms with Crippen LogP contribution >= 0.6 is 11.8 Å². The molecule has 0 aliphatic carbocycles. The van der Waals surface area contributed by atoms with Gasteiger partial charge in [0.25, 0.3) is 5.91 Å². The fourth-order valence-corrected chi connectivity index (χ4v) is 5.37. The smallest absolute Gasteiger partial charge is 0.343 e. The number of hydrazone groups is 1. The maximum Gasteiger partial charge on any atom is 0.343 e. The van der Waals surface area contributed by atoms with E-state index in [1.165, 1.54) is 19.1 Å². The quantitative estimate of drug-likeness (QED) is 0.342. The molecule has 2 heterocycles. The van der Waals surface area contributed by atoms with Gasteiger partial charge in [-0.25, -0.2) is 13.2 Å². The lowest BCUT2D eigenvalue weighted by atomic mass is 10.1. The minimum atomic E-state index is -3.62. The normalized spacial score (nSPS) is 16.5. The monoisotopic (exact) mass is 526 g/mol. The molecule has 4 rings (SSSR count). The van der Waals surface area contributed by atoms with Gasteiger partial charge in [-0.1, -0.05) is 30.7 Å². The Hall–Kier alpha value is -3.77. The van der Waals surface area contributed by atoms with E-state index in [9.17, 15) is 18.0 Å².